The molecule has 0 aromatic heterocycles. The molecule has 0 unspecified atom stereocenters. The smallest absolute Gasteiger partial charge is 0.258 e. The summed E-state index contributed by atoms with van der Waals surface area (Å²) in [4.78, 5) is 11.0. The van der Waals surface area contributed by atoms with Gasteiger partial charge in [-0.25, -0.2) is 5.32 Å². The van der Waals surface area contributed by atoms with E-state index in [0.29, 0.717) is 6.54 Å². The fourth-order valence-corrected chi connectivity index (χ4v) is 1.30. The standard InChI is InChI=1S/C9H19N2OS/c1-3-5-6-7-8-10-9(12)13-11-4-2/h11H,3-8H2,1-2H3. The van der Waals surface area contributed by atoms with Crippen LogP contribution in [0.15, 0.2) is 0 Å². The normalized spacial score (nSPS) is 10.0. The van der Waals surface area contributed by atoms with Crippen LogP contribution in [0, 0.1) is 0 Å². The van der Waals surface area contributed by atoms with Crippen molar-refractivity contribution in [1.29, 1.82) is 0 Å². The van der Waals surface area contributed by atoms with Gasteiger partial charge in [0.05, 0.1) is 0 Å². The molecule has 0 fully saturated rings. The maximum atomic E-state index is 11.0. The van der Waals surface area contributed by atoms with E-state index < -0.39 is 0 Å². The first-order valence-electron chi connectivity index (χ1n) is 4.92. The third-order valence-electron chi connectivity index (χ3n) is 1.56. The molecule has 0 saturated carbocycles. The minimum Gasteiger partial charge on any atom is -0.258 e. The molecule has 13 heavy (non-hydrogen) atoms. The molecule has 0 bridgehead atoms. The van der Waals surface area contributed by atoms with Crippen LogP contribution in [0.3, 0.4) is 0 Å². The molecule has 0 aliphatic rings. The molecule has 0 heterocycles. The van der Waals surface area contributed by atoms with Crippen LogP contribution in [0.5, 0.6) is 0 Å². The molecule has 0 spiro atoms. The number of nitrogens with one attached hydrogen (secondary N) is 1. The second-order valence-corrected chi connectivity index (χ2v) is 3.65. The van der Waals surface area contributed by atoms with Gasteiger partial charge in [0.1, 0.15) is 0 Å². The van der Waals surface area contributed by atoms with Gasteiger partial charge < -0.3 is 0 Å². The van der Waals surface area contributed by atoms with Crippen molar-refractivity contribution in [3.8, 4) is 0 Å². The van der Waals surface area contributed by atoms with Crippen LogP contribution in [0.1, 0.15) is 39.5 Å². The Morgan fingerprint density at radius 2 is 2.08 bits per heavy atom. The molecule has 4 heteroatoms. The van der Waals surface area contributed by atoms with Crippen LogP contribution in [-0.4, -0.2) is 18.3 Å². The Morgan fingerprint density at radius 3 is 2.69 bits per heavy atom. The third kappa shape index (κ3) is 9.70. The Morgan fingerprint density at radius 1 is 1.31 bits per heavy atom. The van der Waals surface area contributed by atoms with Crippen LogP contribution >= 0.6 is 11.9 Å². The molecule has 0 aromatic rings. The first-order valence-corrected chi connectivity index (χ1v) is 5.74. The van der Waals surface area contributed by atoms with Crippen molar-refractivity contribution in [2.75, 3.05) is 13.1 Å². The SMILES string of the molecule is CCCCCC[N]C(=O)SNCC. The molecule has 0 aliphatic heterocycles. The fourth-order valence-electron chi connectivity index (χ4n) is 0.875. The van der Waals surface area contributed by atoms with Gasteiger partial charge in [-0.1, -0.05) is 33.1 Å². The lowest BCUT2D eigenvalue weighted by Gasteiger charge is -2.00. The van der Waals surface area contributed by atoms with E-state index in [4.69, 9.17) is 0 Å². The lowest BCUT2D eigenvalue weighted by Crippen LogP contribution is -2.16. The van der Waals surface area contributed by atoms with Crippen molar-refractivity contribution in [2.24, 2.45) is 0 Å². The number of hydrogen-bond donors (Lipinski definition) is 1. The van der Waals surface area contributed by atoms with Gasteiger partial charge in [0, 0.05) is 25.0 Å². The molecule has 0 aliphatic carbocycles. The molecule has 0 aromatic carbocycles. The quantitative estimate of drug-likeness (QED) is 0.511. The maximum absolute atomic E-state index is 11.0. The van der Waals surface area contributed by atoms with Crippen LogP contribution < -0.4 is 10.0 Å². The molecule has 1 radical (unpaired) electrons. The van der Waals surface area contributed by atoms with E-state index in [2.05, 4.69) is 17.0 Å². The Bertz CT molecular complexity index is 131. The van der Waals surface area contributed by atoms with Gasteiger partial charge in [0.25, 0.3) is 0 Å². The van der Waals surface area contributed by atoms with Crippen molar-refractivity contribution in [3.05, 3.63) is 0 Å². The van der Waals surface area contributed by atoms with Crippen molar-refractivity contribution in [1.82, 2.24) is 10.0 Å². The van der Waals surface area contributed by atoms with Crippen LogP contribution in [0.4, 0.5) is 4.79 Å². The summed E-state index contributed by atoms with van der Waals surface area (Å²) in [5.74, 6) is 0. The van der Waals surface area contributed by atoms with Gasteiger partial charge in [0.2, 0.25) is 0 Å². The Kier molecular flexibility index (Phi) is 9.70. The highest BCUT2D eigenvalue weighted by Gasteiger charge is 2.00. The molecule has 77 valence electrons. The molecular weight excluding hydrogens is 184 g/mol. The minimum absolute atomic E-state index is 0.0988. The van der Waals surface area contributed by atoms with Crippen molar-refractivity contribution >= 4 is 17.2 Å². The number of amides is 1. The van der Waals surface area contributed by atoms with Gasteiger partial charge >= 0.3 is 5.24 Å². The summed E-state index contributed by atoms with van der Waals surface area (Å²) in [5, 5.41) is 3.80. The highest BCUT2D eigenvalue weighted by Crippen LogP contribution is 2.00. The highest BCUT2D eigenvalue weighted by atomic mass is 32.2. The van der Waals surface area contributed by atoms with Crippen LogP contribution in [0.25, 0.3) is 0 Å². The molecular formula is C9H19N2OS. The lowest BCUT2D eigenvalue weighted by molar-refractivity contribution is 0.259. The predicted molar refractivity (Wildman–Crippen MR) is 57.8 cm³/mol. The van der Waals surface area contributed by atoms with Gasteiger partial charge in [-0.3, -0.25) is 9.52 Å². The molecule has 0 saturated heterocycles. The number of carbonyl (C=O) groups excluding carboxylic acids is 1. The van der Waals surface area contributed by atoms with Crippen molar-refractivity contribution < 1.29 is 4.79 Å². The third-order valence-corrected chi connectivity index (χ3v) is 2.29. The zero-order valence-corrected chi connectivity index (χ0v) is 9.32. The molecule has 1 N–H and O–H groups in total. The zero-order chi connectivity index (χ0) is 9.94. The summed E-state index contributed by atoms with van der Waals surface area (Å²) < 4.78 is 2.87. The second kappa shape index (κ2) is 9.86. The second-order valence-electron chi connectivity index (χ2n) is 2.81. The van der Waals surface area contributed by atoms with E-state index in [-0.39, 0.29) is 5.24 Å². The lowest BCUT2D eigenvalue weighted by atomic mass is 10.2. The first-order chi connectivity index (χ1) is 6.31. The zero-order valence-electron chi connectivity index (χ0n) is 8.51. The summed E-state index contributed by atoms with van der Waals surface area (Å²) in [6.07, 6.45) is 4.68. The van der Waals surface area contributed by atoms with Crippen molar-refractivity contribution in [2.45, 2.75) is 39.5 Å². The topological polar surface area (TPSA) is 43.2 Å². The summed E-state index contributed by atoms with van der Waals surface area (Å²) in [6, 6.07) is 0. The van der Waals surface area contributed by atoms with E-state index in [1.54, 1.807) is 0 Å². The van der Waals surface area contributed by atoms with Gasteiger partial charge in [-0.05, 0) is 6.42 Å². The molecule has 3 nitrogen and oxygen atoms in total. The summed E-state index contributed by atoms with van der Waals surface area (Å²) in [7, 11) is 0. The minimum atomic E-state index is -0.0988. The van der Waals surface area contributed by atoms with E-state index in [1.165, 1.54) is 19.3 Å². The van der Waals surface area contributed by atoms with Gasteiger partial charge in [-0.2, -0.15) is 0 Å². The maximum Gasteiger partial charge on any atom is 0.315 e. The summed E-state index contributed by atoms with van der Waals surface area (Å²) in [5.41, 5.74) is 0. The summed E-state index contributed by atoms with van der Waals surface area (Å²) >= 11 is 1.08. The Balaban J connectivity index is 3.08. The van der Waals surface area contributed by atoms with Crippen LogP contribution in [-0.2, 0) is 0 Å². The van der Waals surface area contributed by atoms with Gasteiger partial charge in [-0.15, -0.1) is 0 Å². The Hall–Kier alpha value is -0.220. The largest absolute Gasteiger partial charge is 0.315 e. The first kappa shape index (κ1) is 12.8. The number of nitrogens with zero attached hydrogens (tertiary/aromatic N) is 1. The average Bonchev–Trinajstić information content (AvgIpc) is 2.14. The molecule has 1 amide bonds. The average molecular weight is 203 g/mol. The fraction of sp³-hybridized carbons (Fsp3) is 0.889. The molecule has 0 rings (SSSR count). The number of carbonyl (C=O) groups is 1. The van der Waals surface area contributed by atoms with E-state index in [0.717, 1.165) is 24.9 Å². The number of rotatable bonds is 7. The monoisotopic (exact) mass is 203 g/mol. The van der Waals surface area contributed by atoms with Crippen LogP contribution in [0.2, 0.25) is 0 Å². The number of unbranched alkanes of at least 4 members (excludes halogenated alkanes) is 3. The van der Waals surface area contributed by atoms with E-state index >= 15 is 0 Å². The highest BCUT2D eigenvalue weighted by molar-refractivity contribution is 8.11. The Labute approximate surface area is 85.2 Å². The number of hydrogen-bond acceptors (Lipinski definition) is 3. The predicted octanol–water partition coefficient (Wildman–Crippen LogP) is 2.55. The summed E-state index contributed by atoms with van der Waals surface area (Å²) in [6.45, 7) is 5.60. The van der Waals surface area contributed by atoms with E-state index in [9.17, 15) is 4.79 Å². The van der Waals surface area contributed by atoms with E-state index in [1.807, 2.05) is 6.92 Å². The van der Waals surface area contributed by atoms with Gasteiger partial charge in [0.15, 0.2) is 0 Å². The van der Waals surface area contributed by atoms with Crippen molar-refractivity contribution in [3.63, 3.8) is 0 Å². The molecule has 0 atom stereocenters.